The van der Waals surface area contributed by atoms with Crippen LogP contribution in [-0.2, 0) is 5.54 Å². The van der Waals surface area contributed by atoms with E-state index in [1.807, 2.05) is 13.8 Å². The Morgan fingerprint density at radius 3 is 2.68 bits per heavy atom. The van der Waals surface area contributed by atoms with Crippen molar-refractivity contribution in [2.75, 3.05) is 0 Å². The predicted octanol–water partition coefficient (Wildman–Crippen LogP) is 3.50. The maximum absolute atomic E-state index is 13.8. The summed E-state index contributed by atoms with van der Waals surface area (Å²) in [5.74, 6) is 0.447. The number of H-pyrrole nitrogens is 1. The zero-order chi connectivity index (χ0) is 14.0. The highest BCUT2D eigenvalue weighted by Crippen LogP contribution is 2.28. The highest BCUT2D eigenvalue weighted by atomic mass is 19.1. The van der Waals surface area contributed by atoms with Crippen molar-refractivity contribution < 1.29 is 4.39 Å². The third-order valence-corrected chi connectivity index (χ3v) is 3.32. The highest BCUT2D eigenvalue weighted by Gasteiger charge is 2.25. The number of aromatic amines is 1. The summed E-state index contributed by atoms with van der Waals surface area (Å²) >= 11 is 0. The lowest BCUT2D eigenvalue weighted by Crippen LogP contribution is -2.34. The van der Waals surface area contributed by atoms with Gasteiger partial charge >= 0.3 is 0 Å². The molecule has 0 aliphatic carbocycles. The first-order chi connectivity index (χ1) is 8.95. The zero-order valence-corrected chi connectivity index (χ0v) is 11.6. The molecule has 1 heterocycles. The first kappa shape index (κ1) is 13.7. The van der Waals surface area contributed by atoms with Crippen LogP contribution in [0.3, 0.4) is 0 Å². The van der Waals surface area contributed by atoms with Crippen molar-refractivity contribution >= 4 is 0 Å². The van der Waals surface area contributed by atoms with Crippen molar-refractivity contribution in [3.8, 4) is 11.3 Å². The van der Waals surface area contributed by atoms with E-state index < -0.39 is 5.54 Å². The van der Waals surface area contributed by atoms with Crippen LogP contribution in [0.4, 0.5) is 4.39 Å². The number of aromatic nitrogens is 2. The fourth-order valence-electron chi connectivity index (χ4n) is 2.28. The van der Waals surface area contributed by atoms with E-state index in [9.17, 15) is 4.39 Å². The summed E-state index contributed by atoms with van der Waals surface area (Å²) in [5.41, 5.74) is 7.74. The van der Waals surface area contributed by atoms with Crippen LogP contribution >= 0.6 is 0 Å². The number of hydrogen-bond acceptors (Lipinski definition) is 2. The second-order valence-electron chi connectivity index (χ2n) is 5.21. The van der Waals surface area contributed by atoms with Gasteiger partial charge in [0.2, 0.25) is 0 Å². The van der Waals surface area contributed by atoms with E-state index in [1.54, 1.807) is 18.2 Å². The third kappa shape index (κ3) is 2.68. The van der Waals surface area contributed by atoms with Crippen LogP contribution < -0.4 is 5.73 Å². The van der Waals surface area contributed by atoms with Gasteiger partial charge in [0.15, 0.2) is 0 Å². The zero-order valence-electron chi connectivity index (χ0n) is 11.6. The van der Waals surface area contributed by atoms with Crippen molar-refractivity contribution in [3.05, 3.63) is 41.6 Å². The van der Waals surface area contributed by atoms with Crippen LogP contribution in [0.2, 0.25) is 0 Å². The Kier molecular flexibility index (Phi) is 3.71. The number of rotatable bonds is 4. The monoisotopic (exact) mass is 261 g/mol. The first-order valence-corrected chi connectivity index (χ1v) is 6.56. The minimum Gasteiger partial charge on any atom is -0.344 e. The molecule has 1 aromatic heterocycles. The Balaban J connectivity index is 2.45. The summed E-state index contributed by atoms with van der Waals surface area (Å²) in [4.78, 5) is 7.70. The van der Waals surface area contributed by atoms with Gasteiger partial charge in [-0.2, -0.15) is 0 Å². The average molecular weight is 261 g/mol. The van der Waals surface area contributed by atoms with E-state index in [-0.39, 0.29) is 5.82 Å². The summed E-state index contributed by atoms with van der Waals surface area (Å²) in [7, 11) is 0. The van der Waals surface area contributed by atoms with Gasteiger partial charge in [-0.3, -0.25) is 0 Å². The van der Waals surface area contributed by atoms with E-state index in [2.05, 4.69) is 16.9 Å². The molecule has 0 aliphatic heterocycles. The molecular formula is C15H20FN3. The van der Waals surface area contributed by atoms with Gasteiger partial charge in [-0.25, -0.2) is 9.37 Å². The predicted molar refractivity (Wildman–Crippen MR) is 75.2 cm³/mol. The van der Waals surface area contributed by atoms with E-state index in [4.69, 9.17) is 5.73 Å². The van der Waals surface area contributed by atoms with Gasteiger partial charge in [-0.15, -0.1) is 0 Å². The molecule has 1 unspecified atom stereocenters. The summed E-state index contributed by atoms with van der Waals surface area (Å²) in [6, 6.07) is 6.65. The third-order valence-electron chi connectivity index (χ3n) is 3.32. The number of hydrogen-bond donors (Lipinski definition) is 2. The number of nitrogens with two attached hydrogens (primary N) is 1. The Hall–Kier alpha value is -1.68. The van der Waals surface area contributed by atoms with Crippen LogP contribution in [0.5, 0.6) is 0 Å². The molecule has 102 valence electrons. The fourth-order valence-corrected chi connectivity index (χ4v) is 2.28. The van der Waals surface area contributed by atoms with E-state index in [0.717, 1.165) is 18.5 Å². The number of nitrogens with one attached hydrogen (secondary N) is 1. The summed E-state index contributed by atoms with van der Waals surface area (Å²) in [6.45, 7) is 5.92. The Bertz CT molecular complexity index is 573. The fraction of sp³-hybridized carbons (Fsp3) is 0.400. The maximum Gasteiger partial charge on any atom is 0.132 e. The van der Waals surface area contributed by atoms with Crippen LogP contribution in [0.15, 0.2) is 24.3 Å². The molecule has 1 atom stereocenters. The Morgan fingerprint density at radius 2 is 2.05 bits per heavy atom. The summed E-state index contributed by atoms with van der Waals surface area (Å²) in [6.07, 6.45) is 1.80. The van der Waals surface area contributed by atoms with Gasteiger partial charge in [0.1, 0.15) is 11.6 Å². The molecule has 0 spiro atoms. The minimum absolute atomic E-state index is 0.266. The molecule has 3 nitrogen and oxygen atoms in total. The molecule has 1 aromatic carbocycles. The molecule has 2 rings (SSSR count). The first-order valence-electron chi connectivity index (χ1n) is 6.56. The minimum atomic E-state index is -0.511. The average Bonchev–Trinajstić information content (AvgIpc) is 2.73. The Labute approximate surface area is 113 Å². The molecular weight excluding hydrogens is 241 g/mol. The van der Waals surface area contributed by atoms with Crippen molar-refractivity contribution in [2.45, 2.75) is 39.2 Å². The maximum atomic E-state index is 13.8. The van der Waals surface area contributed by atoms with E-state index in [1.165, 1.54) is 6.07 Å². The van der Waals surface area contributed by atoms with Crippen LogP contribution in [0.25, 0.3) is 11.3 Å². The number of imidazole rings is 1. The van der Waals surface area contributed by atoms with Crippen LogP contribution in [0.1, 0.15) is 38.2 Å². The molecule has 0 saturated heterocycles. The van der Waals surface area contributed by atoms with Gasteiger partial charge in [0.05, 0.1) is 11.2 Å². The molecule has 0 amide bonds. The lowest BCUT2D eigenvalue weighted by molar-refractivity contribution is 0.423. The molecule has 0 fully saturated rings. The van der Waals surface area contributed by atoms with Crippen molar-refractivity contribution in [1.82, 2.24) is 9.97 Å². The number of benzene rings is 1. The van der Waals surface area contributed by atoms with Crippen LogP contribution in [0, 0.1) is 12.7 Å². The van der Waals surface area contributed by atoms with Gasteiger partial charge in [0.25, 0.3) is 0 Å². The van der Waals surface area contributed by atoms with Gasteiger partial charge < -0.3 is 10.7 Å². The largest absolute Gasteiger partial charge is 0.344 e. The number of nitrogens with zero attached hydrogens (tertiary/aromatic N) is 1. The summed E-state index contributed by atoms with van der Waals surface area (Å²) < 4.78 is 13.8. The Morgan fingerprint density at radius 1 is 1.37 bits per heavy atom. The molecule has 3 N–H and O–H groups in total. The normalized spacial score (nSPS) is 14.4. The molecule has 0 aliphatic rings. The molecule has 0 saturated carbocycles. The van der Waals surface area contributed by atoms with Crippen molar-refractivity contribution in [2.24, 2.45) is 5.73 Å². The van der Waals surface area contributed by atoms with Crippen molar-refractivity contribution in [1.29, 1.82) is 0 Å². The lowest BCUT2D eigenvalue weighted by Gasteiger charge is -2.21. The second-order valence-corrected chi connectivity index (χ2v) is 5.21. The quantitative estimate of drug-likeness (QED) is 0.885. The van der Waals surface area contributed by atoms with Gasteiger partial charge in [0, 0.05) is 11.3 Å². The van der Waals surface area contributed by atoms with Crippen LogP contribution in [-0.4, -0.2) is 9.97 Å². The topological polar surface area (TPSA) is 54.7 Å². The lowest BCUT2D eigenvalue weighted by atomic mass is 9.97. The standard InChI is InChI=1S/C15H20FN3/c1-4-9-15(3,17)14-18-10(2)13(19-14)11-7-5-6-8-12(11)16/h5-8H,4,9,17H2,1-3H3,(H,18,19). The van der Waals surface area contributed by atoms with Crippen molar-refractivity contribution in [3.63, 3.8) is 0 Å². The molecule has 0 radical (unpaired) electrons. The van der Waals surface area contributed by atoms with E-state index >= 15 is 0 Å². The van der Waals surface area contributed by atoms with Gasteiger partial charge in [-0.1, -0.05) is 25.5 Å². The molecule has 0 bridgehead atoms. The second kappa shape index (κ2) is 5.13. The van der Waals surface area contributed by atoms with E-state index in [0.29, 0.717) is 17.1 Å². The highest BCUT2D eigenvalue weighted by molar-refractivity contribution is 5.62. The SMILES string of the molecule is CCCC(C)(N)c1nc(-c2ccccc2F)c(C)[nH]1. The molecule has 2 aromatic rings. The van der Waals surface area contributed by atoms with Gasteiger partial charge in [-0.05, 0) is 32.4 Å². The number of halogens is 1. The molecule has 19 heavy (non-hydrogen) atoms. The number of aryl methyl sites for hydroxylation is 1. The summed E-state index contributed by atoms with van der Waals surface area (Å²) in [5, 5.41) is 0. The molecule has 4 heteroatoms. The smallest absolute Gasteiger partial charge is 0.132 e.